The highest BCUT2D eigenvalue weighted by molar-refractivity contribution is 5.74. The van der Waals surface area contributed by atoms with Crippen LogP contribution in [0.1, 0.15) is 6.92 Å². The first-order valence-electron chi connectivity index (χ1n) is 6.34. The molecule has 1 saturated heterocycles. The highest BCUT2D eigenvalue weighted by Crippen LogP contribution is 2.25. The second-order valence-corrected chi connectivity index (χ2v) is 5.11. The molecule has 1 aliphatic rings. The molecule has 0 amide bonds. The maximum atomic E-state index is 12.1. The molecule has 2 heterocycles. The molecule has 0 aromatic carbocycles. The molecule has 2 rings (SSSR count). The van der Waals surface area contributed by atoms with Crippen LogP contribution in [-0.4, -0.2) is 40.5 Å². The number of aromatic nitrogens is 3. The first-order chi connectivity index (χ1) is 9.36. The van der Waals surface area contributed by atoms with Crippen molar-refractivity contribution >= 4 is 11.8 Å². The van der Waals surface area contributed by atoms with Gasteiger partial charge < -0.3 is 9.64 Å². The van der Waals surface area contributed by atoms with Gasteiger partial charge in [0, 0.05) is 27.2 Å². The van der Waals surface area contributed by atoms with Gasteiger partial charge in [-0.1, -0.05) is 6.92 Å². The average Bonchev–Trinajstić information content (AvgIpc) is 2.81. The molecule has 1 aromatic heterocycles. The van der Waals surface area contributed by atoms with E-state index < -0.39 is 11.2 Å². The van der Waals surface area contributed by atoms with Gasteiger partial charge in [0.15, 0.2) is 0 Å². The standard InChI is InChI=1S/C12H18N4O4/c1-7-5-16(6-8(7)11(18)20-4)9-10(17)14(2)12(19)15(3)13-9/h7-8H,5-6H2,1-4H3. The number of hydrogen-bond donors (Lipinski definition) is 0. The number of carbonyl (C=O) groups is 1. The third-order valence-corrected chi connectivity index (χ3v) is 3.72. The van der Waals surface area contributed by atoms with Crippen molar-refractivity contribution in [1.29, 1.82) is 0 Å². The molecule has 0 bridgehead atoms. The summed E-state index contributed by atoms with van der Waals surface area (Å²) in [5.41, 5.74) is -0.929. The molecule has 0 aliphatic carbocycles. The normalized spacial score (nSPS) is 22.1. The summed E-state index contributed by atoms with van der Waals surface area (Å²) in [7, 11) is 4.25. The Labute approximate surface area is 115 Å². The van der Waals surface area contributed by atoms with Gasteiger partial charge in [-0.15, -0.1) is 5.10 Å². The summed E-state index contributed by atoms with van der Waals surface area (Å²) < 4.78 is 6.89. The predicted molar refractivity (Wildman–Crippen MR) is 71.6 cm³/mol. The molecule has 1 aromatic rings. The molecule has 20 heavy (non-hydrogen) atoms. The van der Waals surface area contributed by atoms with E-state index >= 15 is 0 Å². The number of esters is 1. The molecule has 2 atom stereocenters. The van der Waals surface area contributed by atoms with Crippen LogP contribution in [0.15, 0.2) is 9.59 Å². The van der Waals surface area contributed by atoms with E-state index in [1.807, 2.05) is 6.92 Å². The topological polar surface area (TPSA) is 86.4 Å². The minimum absolute atomic E-state index is 0.0613. The zero-order valence-electron chi connectivity index (χ0n) is 12.0. The molecule has 2 unspecified atom stereocenters. The Hall–Kier alpha value is -2.12. The molecular weight excluding hydrogens is 264 g/mol. The fourth-order valence-corrected chi connectivity index (χ4v) is 2.48. The molecule has 0 spiro atoms. The van der Waals surface area contributed by atoms with Crippen LogP contribution in [0.4, 0.5) is 5.82 Å². The van der Waals surface area contributed by atoms with Crippen LogP contribution in [0.2, 0.25) is 0 Å². The van der Waals surface area contributed by atoms with Gasteiger partial charge in [0.1, 0.15) is 0 Å². The van der Waals surface area contributed by atoms with Crippen molar-refractivity contribution in [2.24, 2.45) is 25.9 Å². The molecule has 8 nitrogen and oxygen atoms in total. The van der Waals surface area contributed by atoms with Crippen molar-refractivity contribution < 1.29 is 9.53 Å². The molecule has 8 heteroatoms. The Bertz CT molecular complexity index is 648. The van der Waals surface area contributed by atoms with Crippen molar-refractivity contribution in [3.8, 4) is 0 Å². The lowest BCUT2D eigenvalue weighted by Gasteiger charge is -2.17. The van der Waals surface area contributed by atoms with E-state index in [0.717, 1.165) is 9.25 Å². The summed E-state index contributed by atoms with van der Waals surface area (Å²) in [6.45, 7) is 2.82. The summed E-state index contributed by atoms with van der Waals surface area (Å²) in [6, 6.07) is 0. The fourth-order valence-electron chi connectivity index (χ4n) is 2.48. The molecule has 110 valence electrons. The van der Waals surface area contributed by atoms with Gasteiger partial charge in [-0.3, -0.25) is 14.2 Å². The SMILES string of the molecule is COC(=O)C1CN(c2nn(C)c(=O)n(C)c2=O)CC1C. The average molecular weight is 282 g/mol. The lowest BCUT2D eigenvalue weighted by atomic mass is 9.99. The Kier molecular flexibility index (Phi) is 3.65. The van der Waals surface area contributed by atoms with Crippen molar-refractivity contribution in [3.05, 3.63) is 20.8 Å². The van der Waals surface area contributed by atoms with E-state index in [1.165, 1.54) is 21.2 Å². The third kappa shape index (κ3) is 2.21. The van der Waals surface area contributed by atoms with Crippen LogP contribution < -0.4 is 16.1 Å². The number of ether oxygens (including phenoxy) is 1. The number of hydrogen-bond acceptors (Lipinski definition) is 6. The van der Waals surface area contributed by atoms with Gasteiger partial charge in [-0.25, -0.2) is 9.48 Å². The Balaban J connectivity index is 2.38. The minimum atomic E-state index is -0.476. The molecular formula is C12H18N4O4. The molecule has 1 fully saturated rings. The number of aryl methyl sites for hydroxylation is 1. The van der Waals surface area contributed by atoms with Crippen LogP contribution in [0, 0.1) is 11.8 Å². The van der Waals surface area contributed by atoms with E-state index in [2.05, 4.69) is 5.10 Å². The van der Waals surface area contributed by atoms with Crippen molar-refractivity contribution in [3.63, 3.8) is 0 Å². The monoisotopic (exact) mass is 282 g/mol. The zero-order chi connectivity index (χ0) is 15.0. The molecule has 0 saturated carbocycles. The maximum absolute atomic E-state index is 12.1. The Morgan fingerprint density at radius 1 is 1.30 bits per heavy atom. The summed E-state index contributed by atoms with van der Waals surface area (Å²) in [4.78, 5) is 37.1. The van der Waals surface area contributed by atoms with Gasteiger partial charge in [-0.05, 0) is 5.92 Å². The van der Waals surface area contributed by atoms with E-state index in [9.17, 15) is 14.4 Å². The van der Waals surface area contributed by atoms with Crippen LogP contribution in [0.3, 0.4) is 0 Å². The van der Waals surface area contributed by atoms with Gasteiger partial charge in [-0.2, -0.15) is 0 Å². The van der Waals surface area contributed by atoms with Crippen LogP contribution >= 0.6 is 0 Å². The van der Waals surface area contributed by atoms with Crippen LogP contribution in [0.25, 0.3) is 0 Å². The zero-order valence-corrected chi connectivity index (χ0v) is 12.0. The van der Waals surface area contributed by atoms with Gasteiger partial charge in [0.05, 0.1) is 13.0 Å². The van der Waals surface area contributed by atoms with E-state index in [0.29, 0.717) is 13.1 Å². The van der Waals surface area contributed by atoms with Gasteiger partial charge >= 0.3 is 11.7 Å². The lowest BCUT2D eigenvalue weighted by Crippen LogP contribution is -2.42. The summed E-state index contributed by atoms with van der Waals surface area (Å²) >= 11 is 0. The second-order valence-electron chi connectivity index (χ2n) is 5.11. The Morgan fingerprint density at radius 2 is 1.95 bits per heavy atom. The quantitative estimate of drug-likeness (QED) is 0.628. The van der Waals surface area contributed by atoms with Crippen LogP contribution in [0.5, 0.6) is 0 Å². The molecule has 1 aliphatic heterocycles. The summed E-state index contributed by atoms with van der Waals surface area (Å²) in [5, 5.41) is 4.01. The number of methoxy groups -OCH3 is 1. The second kappa shape index (κ2) is 5.10. The predicted octanol–water partition coefficient (Wildman–Crippen LogP) is -1.28. The van der Waals surface area contributed by atoms with E-state index in [4.69, 9.17) is 4.74 Å². The highest BCUT2D eigenvalue weighted by Gasteiger charge is 2.37. The number of carbonyl (C=O) groups excluding carboxylic acids is 1. The number of anilines is 1. The van der Waals surface area contributed by atoms with Gasteiger partial charge in [0.2, 0.25) is 5.82 Å². The third-order valence-electron chi connectivity index (χ3n) is 3.72. The fraction of sp³-hybridized carbons (Fsp3) is 0.667. The van der Waals surface area contributed by atoms with Gasteiger partial charge in [0.25, 0.3) is 5.56 Å². The first kappa shape index (κ1) is 14.3. The van der Waals surface area contributed by atoms with Crippen molar-refractivity contribution in [2.45, 2.75) is 6.92 Å². The molecule has 0 radical (unpaired) electrons. The first-order valence-corrected chi connectivity index (χ1v) is 6.34. The summed E-state index contributed by atoms with van der Waals surface area (Å²) in [5.74, 6) is -0.329. The minimum Gasteiger partial charge on any atom is -0.469 e. The largest absolute Gasteiger partial charge is 0.469 e. The van der Waals surface area contributed by atoms with E-state index in [-0.39, 0.29) is 23.6 Å². The van der Waals surface area contributed by atoms with E-state index in [1.54, 1.807) is 4.90 Å². The highest BCUT2D eigenvalue weighted by atomic mass is 16.5. The smallest absolute Gasteiger partial charge is 0.346 e. The van der Waals surface area contributed by atoms with Crippen molar-refractivity contribution in [1.82, 2.24) is 14.3 Å². The van der Waals surface area contributed by atoms with Crippen molar-refractivity contribution in [2.75, 3.05) is 25.1 Å². The molecule has 0 N–H and O–H groups in total. The Morgan fingerprint density at radius 3 is 2.55 bits per heavy atom. The summed E-state index contributed by atoms with van der Waals surface area (Å²) in [6.07, 6.45) is 0. The lowest BCUT2D eigenvalue weighted by molar-refractivity contribution is -0.145. The number of nitrogens with zero attached hydrogens (tertiary/aromatic N) is 4. The number of rotatable bonds is 2. The maximum Gasteiger partial charge on any atom is 0.346 e. The van der Waals surface area contributed by atoms with Crippen LogP contribution in [-0.2, 0) is 23.6 Å².